The van der Waals surface area contributed by atoms with Crippen LogP contribution in [0.2, 0.25) is 0 Å². The van der Waals surface area contributed by atoms with Crippen molar-refractivity contribution in [3.05, 3.63) is 69.0 Å². The summed E-state index contributed by atoms with van der Waals surface area (Å²) in [5.74, 6) is 0.812. The maximum atomic E-state index is 12.4. The lowest BCUT2D eigenvalue weighted by atomic mass is 10.1. The van der Waals surface area contributed by atoms with Crippen molar-refractivity contribution in [2.45, 2.75) is 0 Å². The molecule has 27 heavy (non-hydrogen) atoms. The molecule has 0 saturated carbocycles. The Balaban J connectivity index is 1.79. The van der Waals surface area contributed by atoms with E-state index >= 15 is 0 Å². The molecule has 4 aromatic rings. The Labute approximate surface area is 151 Å². The first-order valence-electron chi connectivity index (χ1n) is 7.85. The topological polar surface area (TPSA) is 124 Å². The number of H-pyrrole nitrogens is 1. The summed E-state index contributed by atoms with van der Waals surface area (Å²) in [7, 11) is 1.55. The van der Waals surface area contributed by atoms with E-state index < -0.39 is 4.92 Å². The van der Waals surface area contributed by atoms with Crippen LogP contribution in [-0.2, 0) is 0 Å². The van der Waals surface area contributed by atoms with Gasteiger partial charge in [-0.25, -0.2) is 0 Å². The van der Waals surface area contributed by atoms with Crippen molar-refractivity contribution in [1.29, 1.82) is 0 Å². The third-order valence-corrected chi connectivity index (χ3v) is 4.02. The molecule has 4 rings (SSSR count). The van der Waals surface area contributed by atoms with Crippen LogP contribution >= 0.6 is 0 Å². The molecule has 0 spiro atoms. The van der Waals surface area contributed by atoms with Crippen LogP contribution in [-0.4, -0.2) is 27.2 Å². The van der Waals surface area contributed by atoms with E-state index in [1.807, 2.05) is 0 Å². The lowest BCUT2D eigenvalue weighted by Crippen LogP contribution is -2.09. The van der Waals surface area contributed by atoms with E-state index in [4.69, 9.17) is 9.26 Å². The molecule has 134 valence electrons. The van der Waals surface area contributed by atoms with E-state index in [0.717, 1.165) is 5.39 Å². The predicted octanol–water partition coefficient (Wildman–Crippen LogP) is 3.16. The average Bonchev–Trinajstić information content (AvgIpc) is 3.17. The Morgan fingerprint density at radius 2 is 2.04 bits per heavy atom. The van der Waals surface area contributed by atoms with Gasteiger partial charge in [0.05, 0.1) is 17.6 Å². The van der Waals surface area contributed by atoms with Crippen LogP contribution in [0.1, 0.15) is 0 Å². The maximum Gasteiger partial charge on any atom is 0.270 e. The number of methoxy groups -OCH3 is 1. The summed E-state index contributed by atoms with van der Waals surface area (Å²) >= 11 is 0. The van der Waals surface area contributed by atoms with Gasteiger partial charge in [0.25, 0.3) is 17.1 Å². The first kappa shape index (κ1) is 16.5. The van der Waals surface area contributed by atoms with E-state index in [9.17, 15) is 14.9 Å². The largest absolute Gasteiger partial charge is 0.497 e. The van der Waals surface area contributed by atoms with Crippen LogP contribution in [0.25, 0.3) is 33.7 Å². The zero-order valence-corrected chi connectivity index (χ0v) is 14.0. The van der Waals surface area contributed by atoms with Crippen molar-refractivity contribution < 1.29 is 14.2 Å². The van der Waals surface area contributed by atoms with Gasteiger partial charge < -0.3 is 14.2 Å². The van der Waals surface area contributed by atoms with Crippen molar-refractivity contribution in [2.75, 3.05) is 7.11 Å². The predicted molar refractivity (Wildman–Crippen MR) is 96.5 cm³/mol. The number of fused-ring (bicyclic) bond motifs is 1. The van der Waals surface area contributed by atoms with Gasteiger partial charge in [-0.05, 0) is 30.3 Å². The van der Waals surface area contributed by atoms with Crippen LogP contribution in [0.5, 0.6) is 5.75 Å². The average molecular weight is 364 g/mol. The Hall–Kier alpha value is -4.01. The number of nitrogens with one attached hydrogen (secondary N) is 1. The Morgan fingerprint density at radius 1 is 1.19 bits per heavy atom. The minimum Gasteiger partial charge on any atom is -0.497 e. The van der Waals surface area contributed by atoms with Crippen LogP contribution in [0.4, 0.5) is 5.69 Å². The summed E-state index contributed by atoms with van der Waals surface area (Å²) in [6, 6.07) is 12.7. The molecule has 0 amide bonds. The minimum atomic E-state index is -0.512. The molecule has 2 heterocycles. The molecule has 9 heteroatoms. The molecule has 0 radical (unpaired) electrons. The summed E-state index contributed by atoms with van der Waals surface area (Å²) < 4.78 is 10.4. The first-order valence-corrected chi connectivity index (χ1v) is 7.85. The fourth-order valence-electron chi connectivity index (χ4n) is 2.68. The molecule has 0 aliphatic carbocycles. The Kier molecular flexibility index (Phi) is 3.88. The number of hydrogen-bond acceptors (Lipinski definition) is 7. The van der Waals surface area contributed by atoms with E-state index in [1.165, 1.54) is 18.2 Å². The highest BCUT2D eigenvalue weighted by molar-refractivity contribution is 5.83. The van der Waals surface area contributed by atoms with E-state index in [1.54, 1.807) is 37.4 Å². The van der Waals surface area contributed by atoms with Gasteiger partial charge >= 0.3 is 0 Å². The zero-order valence-electron chi connectivity index (χ0n) is 14.0. The summed E-state index contributed by atoms with van der Waals surface area (Å²) in [6.07, 6.45) is 0. The molecule has 9 nitrogen and oxygen atoms in total. The molecule has 0 atom stereocenters. The van der Waals surface area contributed by atoms with Crippen molar-refractivity contribution in [2.24, 2.45) is 0 Å². The number of aromatic amines is 1. The van der Waals surface area contributed by atoms with Crippen LogP contribution in [0, 0.1) is 10.1 Å². The molecule has 0 aliphatic heterocycles. The summed E-state index contributed by atoms with van der Waals surface area (Å²) in [5, 5.41) is 15.5. The number of benzene rings is 2. The molecule has 2 aromatic heterocycles. The summed E-state index contributed by atoms with van der Waals surface area (Å²) in [6.45, 7) is 0. The summed E-state index contributed by atoms with van der Waals surface area (Å²) in [4.78, 5) is 29.8. The number of pyridine rings is 1. The third-order valence-electron chi connectivity index (χ3n) is 4.02. The number of ether oxygens (including phenoxy) is 1. The number of nitro benzene ring substituents is 1. The highest BCUT2D eigenvalue weighted by atomic mass is 16.6. The molecular weight excluding hydrogens is 352 g/mol. The third kappa shape index (κ3) is 3.01. The number of aromatic nitrogens is 3. The van der Waals surface area contributed by atoms with Crippen LogP contribution < -0.4 is 10.3 Å². The van der Waals surface area contributed by atoms with Gasteiger partial charge in [-0.2, -0.15) is 4.98 Å². The first-order chi connectivity index (χ1) is 13.0. The molecule has 0 aliphatic rings. The lowest BCUT2D eigenvalue weighted by molar-refractivity contribution is -0.384. The van der Waals surface area contributed by atoms with Gasteiger partial charge in [-0.1, -0.05) is 11.2 Å². The van der Waals surface area contributed by atoms with Crippen molar-refractivity contribution in [3.63, 3.8) is 0 Å². The number of non-ortho nitro benzene ring substituents is 1. The second kappa shape index (κ2) is 6.37. The Morgan fingerprint density at radius 3 is 2.81 bits per heavy atom. The van der Waals surface area contributed by atoms with Gasteiger partial charge in [0.15, 0.2) is 0 Å². The van der Waals surface area contributed by atoms with Gasteiger partial charge in [-0.3, -0.25) is 14.9 Å². The molecule has 0 fully saturated rings. The second-order valence-corrected chi connectivity index (χ2v) is 5.70. The number of nitrogens with zero attached hydrogens (tertiary/aromatic N) is 3. The minimum absolute atomic E-state index is 0.0823. The summed E-state index contributed by atoms with van der Waals surface area (Å²) in [5.41, 5.74) is 0.784. The number of nitro groups is 1. The lowest BCUT2D eigenvalue weighted by Gasteiger charge is -2.03. The number of rotatable bonds is 4. The zero-order chi connectivity index (χ0) is 19.0. The van der Waals surface area contributed by atoms with Gasteiger partial charge in [-0.15, -0.1) is 0 Å². The Bertz CT molecular complexity index is 1230. The standard InChI is InChI=1S/C18H12N4O5/c1-26-13-5-6-15-11(8-13)9-14(17(23)19-15)16-20-18(27-21-16)10-3-2-4-12(7-10)22(24)25/h2-9H,1H3,(H,19,23). The van der Waals surface area contributed by atoms with Gasteiger partial charge in [0.1, 0.15) is 5.75 Å². The smallest absolute Gasteiger partial charge is 0.270 e. The SMILES string of the molecule is COc1ccc2[nH]c(=O)c(-c3noc(-c4cccc([N+](=O)[O-])c4)n3)cc2c1. The fraction of sp³-hybridized carbons (Fsp3) is 0.0556. The van der Waals surface area contributed by atoms with Crippen molar-refractivity contribution >= 4 is 16.6 Å². The molecule has 0 saturated heterocycles. The number of hydrogen-bond donors (Lipinski definition) is 1. The second-order valence-electron chi connectivity index (χ2n) is 5.70. The molecule has 1 N–H and O–H groups in total. The van der Waals surface area contributed by atoms with Crippen molar-refractivity contribution in [1.82, 2.24) is 15.1 Å². The van der Waals surface area contributed by atoms with Gasteiger partial charge in [0.2, 0.25) is 5.82 Å². The van der Waals surface area contributed by atoms with Crippen molar-refractivity contribution in [3.8, 4) is 28.6 Å². The van der Waals surface area contributed by atoms with Gasteiger partial charge in [0, 0.05) is 28.6 Å². The normalized spacial score (nSPS) is 10.9. The van der Waals surface area contributed by atoms with E-state index in [0.29, 0.717) is 16.8 Å². The highest BCUT2D eigenvalue weighted by Gasteiger charge is 2.16. The molecule has 0 bridgehead atoms. The quantitative estimate of drug-likeness (QED) is 0.435. The molecule has 2 aromatic carbocycles. The fourth-order valence-corrected chi connectivity index (χ4v) is 2.68. The highest BCUT2D eigenvalue weighted by Crippen LogP contribution is 2.26. The van der Waals surface area contributed by atoms with Crippen LogP contribution in [0.15, 0.2) is 57.8 Å². The monoisotopic (exact) mass is 364 g/mol. The van der Waals surface area contributed by atoms with Crippen LogP contribution in [0.3, 0.4) is 0 Å². The van der Waals surface area contributed by atoms with E-state index in [-0.39, 0.29) is 28.5 Å². The maximum absolute atomic E-state index is 12.4. The molecular formula is C18H12N4O5. The molecule has 0 unspecified atom stereocenters. The van der Waals surface area contributed by atoms with E-state index in [2.05, 4.69) is 15.1 Å².